The number of likely N-dealkylation sites (N-methyl/N-ethyl adjacent to an activating group) is 1. The number of rotatable bonds is 4. The van der Waals surface area contributed by atoms with Gasteiger partial charge < -0.3 is 24.8 Å². The summed E-state index contributed by atoms with van der Waals surface area (Å²) in [5.74, 6) is 1.65. The van der Waals surface area contributed by atoms with Crippen molar-refractivity contribution in [3.05, 3.63) is 46.1 Å². The van der Waals surface area contributed by atoms with Crippen molar-refractivity contribution in [3.63, 3.8) is 0 Å². The molecule has 1 fully saturated rings. The first-order chi connectivity index (χ1) is 13.0. The molecule has 1 saturated heterocycles. The number of aromatic nitrogens is 3. The Balaban J connectivity index is 1.58. The van der Waals surface area contributed by atoms with E-state index >= 15 is 0 Å². The van der Waals surface area contributed by atoms with E-state index in [4.69, 9.17) is 0 Å². The molecule has 0 unspecified atom stereocenters. The van der Waals surface area contributed by atoms with Crippen molar-refractivity contribution < 1.29 is 5.11 Å². The van der Waals surface area contributed by atoms with E-state index in [1.54, 1.807) is 18.6 Å². The molecule has 0 aliphatic carbocycles. The highest BCUT2D eigenvalue weighted by molar-refractivity contribution is 5.53. The zero-order valence-corrected chi connectivity index (χ0v) is 15.8. The van der Waals surface area contributed by atoms with E-state index < -0.39 is 0 Å². The van der Waals surface area contributed by atoms with Crippen LogP contribution in [0.4, 0.5) is 11.6 Å². The SMILES string of the molecule is CN(C)C[C@H]1C[C@@H](O)CN1c1cc(N2CCc3[nH]ccc(=O)c3C2)ncn1. The molecule has 2 aromatic rings. The maximum Gasteiger partial charge on any atom is 0.186 e. The Labute approximate surface area is 158 Å². The summed E-state index contributed by atoms with van der Waals surface area (Å²) < 4.78 is 0. The minimum Gasteiger partial charge on any atom is -0.391 e. The van der Waals surface area contributed by atoms with Crippen LogP contribution >= 0.6 is 0 Å². The number of aliphatic hydroxyl groups excluding tert-OH is 1. The second kappa shape index (κ2) is 7.28. The van der Waals surface area contributed by atoms with Gasteiger partial charge in [0.15, 0.2) is 5.43 Å². The lowest BCUT2D eigenvalue weighted by Gasteiger charge is -2.31. The second-order valence-electron chi connectivity index (χ2n) is 7.66. The lowest BCUT2D eigenvalue weighted by Crippen LogP contribution is -2.38. The summed E-state index contributed by atoms with van der Waals surface area (Å²) in [4.78, 5) is 30.7. The summed E-state index contributed by atoms with van der Waals surface area (Å²) in [6.45, 7) is 2.79. The van der Waals surface area contributed by atoms with Crippen LogP contribution in [0, 0.1) is 0 Å². The number of hydrogen-bond donors (Lipinski definition) is 2. The number of fused-ring (bicyclic) bond motifs is 1. The summed E-state index contributed by atoms with van der Waals surface area (Å²) in [6, 6.07) is 3.77. The van der Waals surface area contributed by atoms with Crippen molar-refractivity contribution in [1.82, 2.24) is 19.9 Å². The molecule has 0 amide bonds. The molecule has 0 bridgehead atoms. The quantitative estimate of drug-likeness (QED) is 0.796. The van der Waals surface area contributed by atoms with Crippen LogP contribution < -0.4 is 15.2 Å². The number of hydrogen-bond acceptors (Lipinski definition) is 7. The average Bonchev–Trinajstić information content (AvgIpc) is 3.01. The number of nitrogens with one attached hydrogen (secondary N) is 1. The van der Waals surface area contributed by atoms with E-state index in [1.165, 1.54) is 0 Å². The Morgan fingerprint density at radius 2 is 2.15 bits per heavy atom. The first kappa shape index (κ1) is 17.9. The zero-order valence-electron chi connectivity index (χ0n) is 15.8. The molecule has 2 atom stereocenters. The van der Waals surface area contributed by atoms with Gasteiger partial charge in [-0.3, -0.25) is 4.79 Å². The fraction of sp³-hybridized carbons (Fsp3) is 0.526. The van der Waals surface area contributed by atoms with Gasteiger partial charge in [-0.05, 0) is 20.5 Å². The molecule has 2 aliphatic heterocycles. The van der Waals surface area contributed by atoms with Gasteiger partial charge in [-0.1, -0.05) is 0 Å². The lowest BCUT2D eigenvalue weighted by molar-refractivity contribution is 0.191. The first-order valence-corrected chi connectivity index (χ1v) is 9.37. The van der Waals surface area contributed by atoms with Gasteiger partial charge in [-0.2, -0.15) is 0 Å². The third-order valence-corrected chi connectivity index (χ3v) is 5.36. The number of nitrogens with zero attached hydrogens (tertiary/aromatic N) is 5. The van der Waals surface area contributed by atoms with Crippen molar-refractivity contribution >= 4 is 11.6 Å². The standard InChI is InChI=1S/C19H26N6O2/c1-23(2)9-13-7-14(26)10-25(13)19-8-18(21-12-22-19)24-6-4-16-15(11-24)17(27)3-5-20-16/h3,5,8,12-14,26H,4,6-7,9-11H2,1-2H3,(H,20,27)/t13-,14-/m1/s1. The third kappa shape index (κ3) is 3.68. The molecule has 4 heterocycles. The zero-order chi connectivity index (χ0) is 19.0. The van der Waals surface area contributed by atoms with Crippen molar-refractivity contribution in [3.8, 4) is 0 Å². The first-order valence-electron chi connectivity index (χ1n) is 9.37. The summed E-state index contributed by atoms with van der Waals surface area (Å²) in [6.07, 6.45) is 4.48. The van der Waals surface area contributed by atoms with Crippen LogP contribution in [-0.2, 0) is 13.0 Å². The van der Waals surface area contributed by atoms with Gasteiger partial charge in [0.05, 0.1) is 6.10 Å². The Bertz CT molecular complexity index is 867. The van der Waals surface area contributed by atoms with E-state index in [2.05, 4.69) is 29.7 Å². The molecule has 0 radical (unpaired) electrons. The normalized spacial score (nSPS) is 22.4. The van der Waals surface area contributed by atoms with E-state index in [9.17, 15) is 9.90 Å². The average molecular weight is 370 g/mol. The highest BCUT2D eigenvalue weighted by Crippen LogP contribution is 2.28. The molecular formula is C19H26N6O2. The Hall–Kier alpha value is -2.45. The molecule has 8 heteroatoms. The van der Waals surface area contributed by atoms with Crippen molar-refractivity contribution in [1.29, 1.82) is 0 Å². The van der Waals surface area contributed by atoms with Crippen LogP contribution in [0.25, 0.3) is 0 Å². The molecule has 0 saturated carbocycles. The summed E-state index contributed by atoms with van der Waals surface area (Å²) in [5, 5.41) is 10.1. The maximum absolute atomic E-state index is 12.2. The van der Waals surface area contributed by atoms with E-state index in [1.807, 2.05) is 20.2 Å². The molecule has 0 aromatic carbocycles. The fourth-order valence-electron chi connectivity index (χ4n) is 4.10. The number of H-pyrrole nitrogens is 1. The maximum atomic E-state index is 12.2. The molecule has 2 aromatic heterocycles. The predicted octanol–water partition coefficient (Wildman–Crippen LogP) is 0.229. The van der Waals surface area contributed by atoms with Gasteiger partial charge >= 0.3 is 0 Å². The van der Waals surface area contributed by atoms with Crippen LogP contribution in [-0.4, -0.2) is 70.8 Å². The van der Waals surface area contributed by atoms with Crippen LogP contribution in [0.5, 0.6) is 0 Å². The van der Waals surface area contributed by atoms with Crippen molar-refractivity contribution in [2.24, 2.45) is 0 Å². The number of pyridine rings is 1. The monoisotopic (exact) mass is 370 g/mol. The van der Waals surface area contributed by atoms with Gasteiger partial charge in [0.2, 0.25) is 0 Å². The van der Waals surface area contributed by atoms with Gasteiger partial charge in [0, 0.05) is 68.2 Å². The van der Waals surface area contributed by atoms with Crippen molar-refractivity contribution in [2.75, 3.05) is 43.5 Å². The summed E-state index contributed by atoms with van der Waals surface area (Å²) in [7, 11) is 4.08. The summed E-state index contributed by atoms with van der Waals surface area (Å²) >= 11 is 0. The topological polar surface area (TPSA) is 88.6 Å². The number of aromatic amines is 1. The number of β-amino-alcohol motifs (C(OH)–C–C–N with tert-alkyl or cyclic N) is 1. The van der Waals surface area contributed by atoms with Crippen LogP contribution in [0.2, 0.25) is 0 Å². The molecule has 2 aliphatic rings. The Morgan fingerprint density at radius 3 is 2.96 bits per heavy atom. The van der Waals surface area contributed by atoms with E-state index in [0.717, 1.165) is 48.8 Å². The van der Waals surface area contributed by atoms with Gasteiger partial charge in [0.25, 0.3) is 0 Å². The molecular weight excluding hydrogens is 344 g/mol. The van der Waals surface area contributed by atoms with E-state index in [-0.39, 0.29) is 17.6 Å². The second-order valence-corrected chi connectivity index (χ2v) is 7.66. The van der Waals surface area contributed by atoms with Gasteiger partial charge in [-0.25, -0.2) is 9.97 Å². The Morgan fingerprint density at radius 1 is 1.33 bits per heavy atom. The smallest absolute Gasteiger partial charge is 0.186 e. The number of anilines is 2. The molecule has 8 nitrogen and oxygen atoms in total. The largest absolute Gasteiger partial charge is 0.391 e. The lowest BCUT2D eigenvalue weighted by atomic mass is 10.1. The number of aliphatic hydroxyl groups is 1. The minimum absolute atomic E-state index is 0.0661. The molecule has 27 heavy (non-hydrogen) atoms. The van der Waals surface area contributed by atoms with Gasteiger partial charge in [0.1, 0.15) is 18.0 Å². The van der Waals surface area contributed by atoms with Crippen LogP contribution in [0.1, 0.15) is 17.7 Å². The van der Waals surface area contributed by atoms with Crippen LogP contribution in [0.15, 0.2) is 29.5 Å². The van der Waals surface area contributed by atoms with Crippen LogP contribution in [0.3, 0.4) is 0 Å². The molecule has 2 N–H and O–H groups in total. The third-order valence-electron chi connectivity index (χ3n) is 5.36. The van der Waals surface area contributed by atoms with Crippen molar-refractivity contribution in [2.45, 2.75) is 31.5 Å². The van der Waals surface area contributed by atoms with Gasteiger partial charge in [-0.15, -0.1) is 0 Å². The molecule has 0 spiro atoms. The predicted molar refractivity (Wildman–Crippen MR) is 104 cm³/mol. The fourth-order valence-corrected chi connectivity index (χ4v) is 4.10. The highest BCUT2D eigenvalue weighted by Gasteiger charge is 2.32. The Kier molecular flexibility index (Phi) is 4.84. The minimum atomic E-state index is -0.339. The summed E-state index contributed by atoms with van der Waals surface area (Å²) in [5.41, 5.74) is 1.89. The molecule has 144 valence electrons. The molecule has 4 rings (SSSR count). The highest BCUT2D eigenvalue weighted by atomic mass is 16.3. The van der Waals surface area contributed by atoms with E-state index in [0.29, 0.717) is 13.1 Å².